The number of carbonyl (C=O) groups is 1. The van der Waals surface area contributed by atoms with Crippen LogP contribution in [0.25, 0.3) is 11.0 Å². The Morgan fingerprint density at radius 3 is 2.74 bits per heavy atom. The minimum Gasteiger partial charge on any atom is -0.492 e. The summed E-state index contributed by atoms with van der Waals surface area (Å²) in [5, 5.41) is 2.79. The first-order valence-electron chi connectivity index (χ1n) is 11.0. The zero-order valence-corrected chi connectivity index (χ0v) is 18.9. The van der Waals surface area contributed by atoms with Crippen LogP contribution in [0.4, 0.5) is 5.69 Å². The quantitative estimate of drug-likeness (QED) is 0.437. The second-order valence-corrected chi connectivity index (χ2v) is 7.80. The maximum atomic E-state index is 13.4. The zero-order valence-electron chi connectivity index (χ0n) is 18.9. The van der Waals surface area contributed by atoms with E-state index >= 15 is 0 Å². The van der Waals surface area contributed by atoms with Gasteiger partial charge in [0.05, 0.1) is 24.4 Å². The molecular weight excluding hydrogens is 452 g/mol. The lowest BCUT2D eigenvalue weighted by Crippen LogP contribution is -2.42. The number of anilines is 1. The van der Waals surface area contributed by atoms with Crippen molar-refractivity contribution >= 4 is 22.6 Å². The van der Waals surface area contributed by atoms with Gasteiger partial charge in [-0.15, -0.1) is 0 Å². The minimum atomic E-state index is -0.624. The lowest BCUT2D eigenvalue weighted by Gasteiger charge is -2.15. The SMILES string of the molecule is CCOc1ccccc1NC(=O)Cn1c(=O)n(Cc2ccc3c(c2)OCO3)c(=O)c2ncccc21. The molecule has 4 aromatic rings. The molecule has 0 bridgehead atoms. The average molecular weight is 474 g/mol. The highest BCUT2D eigenvalue weighted by Gasteiger charge is 2.19. The Morgan fingerprint density at radius 2 is 1.89 bits per heavy atom. The van der Waals surface area contributed by atoms with E-state index in [4.69, 9.17) is 14.2 Å². The van der Waals surface area contributed by atoms with E-state index in [0.29, 0.717) is 35.1 Å². The molecule has 0 aliphatic carbocycles. The first-order chi connectivity index (χ1) is 17.0. The fraction of sp³-hybridized carbons (Fsp3) is 0.200. The van der Waals surface area contributed by atoms with Crippen molar-refractivity contribution in [1.29, 1.82) is 0 Å². The van der Waals surface area contributed by atoms with E-state index in [2.05, 4.69) is 10.3 Å². The number of aromatic nitrogens is 3. The molecule has 0 saturated carbocycles. The molecule has 1 amide bonds. The Balaban J connectivity index is 1.51. The first kappa shape index (κ1) is 22.2. The largest absolute Gasteiger partial charge is 0.492 e. The highest BCUT2D eigenvalue weighted by molar-refractivity contribution is 5.92. The molecule has 2 aromatic carbocycles. The third-order valence-corrected chi connectivity index (χ3v) is 5.53. The van der Waals surface area contributed by atoms with E-state index in [1.54, 1.807) is 54.6 Å². The van der Waals surface area contributed by atoms with Crippen molar-refractivity contribution in [3.8, 4) is 17.2 Å². The van der Waals surface area contributed by atoms with E-state index in [9.17, 15) is 14.4 Å². The predicted molar refractivity (Wildman–Crippen MR) is 128 cm³/mol. The normalized spacial score (nSPS) is 12.0. The fourth-order valence-corrected chi connectivity index (χ4v) is 3.94. The van der Waals surface area contributed by atoms with Gasteiger partial charge in [-0.2, -0.15) is 0 Å². The van der Waals surface area contributed by atoms with Gasteiger partial charge in [-0.3, -0.25) is 18.7 Å². The summed E-state index contributed by atoms with van der Waals surface area (Å²) in [6.45, 7) is 2.07. The van der Waals surface area contributed by atoms with Crippen molar-refractivity contribution in [3.63, 3.8) is 0 Å². The molecule has 0 saturated heterocycles. The summed E-state index contributed by atoms with van der Waals surface area (Å²) in [6, 6.07) is 15.4. The van der Waals surface area contributed by atoms with E-state index < -0.39 is 17.2 Å². The van der Waals surface area contributed by atoms with Gasteiger partial charge in [-0.25, -0.2) is 9.78 Å². The molecule has 1 aliphatic heterocycles. The lowest BCUT2D eigenvalue weighted by molar-refractivity contribution is -0.116. The average Bonchev–Trinajstić information content (AvgIpc) is 3.34. The molecule has 0 fully saturated rings. The van der Waals surface area contributed by atoms with Gasteiger partial charge >= 0.3 is 5.69 Å². The number of rotatable bonds is 7. The predicted octanol–water partition coefficient (Wildman–Crippen LogP) is 2.37. The van der Waals surface area contributed by atoms with Gasteiger partial charge in [-0.1, -0.05) is 18.2 Å². The van der Waals surface area contributed by atoms with Gasteiger partial charge < -0.3 is 19.5 Å². The van der Waals surface area contributed by atoms with Crippen LogP contribution in [0, 0.1) is 0 Å². The Labute approximate surface area is 199 Å². The van der Waals surface area contributed by atoms with Crippen molar-refractivity contribution in [2.75, 3.05) is 18.7 Å². The van der Waals surface area contributed by atoms with Gasteiger partial charge in [-0.05, 0) is 48.9 Å². The van der Waals surface area contributed by atoms with Crippen molar-refractivity contribution in [3.05, 3.63) is 87.2 Å². The molecule has 35 heavy (non-hydrogen) atoms. The number of fused-ring (bicyclic) bond motifs is 2. The van der Waals surface area contributed by atoms with Crippen molar-refractivity contribution in [2.45, 2.75) is 20.0 Å². The number of nitrogens with zero attached hydrogens (tertiary/aromatic N) is 3. The monoisotopic (exact) mass is 474 g/mol. The number of pyridine rings is 1. The zero-order chi connectivity index (χ0) is 24.4. The molecule has 0 spiro atoms. The van der Waals surface area contributed by atoms with Gasteiger partial charge in [0.25, 0.3) is 5.56 Å². The van der Waals surface area contributed by atoms with Crippen LogP contribution < -0.4 is 30.8 Å². The molecule has 0 atom stereocenters. The van der Waals surface area contributed by atoms with E-state index in [-0.39, 0.29) is 30.9 Å². The first-order valence-corrected chi connectivity index (χ1v) is 11.0. The number of hydrogen-bond acceptors (Lipinski definition) is 7. The van der Waals surface area contributed by atoms with Gasteiger partial charge in [0.1, 0.15) is 12.3 Å². The molecule has 178 valence electrons. The van der Waals surface area contributed by atoms with Crippen LogP contribution in [0.5, 0.6) is 17.2 Å². The summed E-state index contributed by atoms with van der Waals surface area (Å²) in [5.74, 6) is 1.22. The molecule has 10 nitrogen and oxygen atoms in total. The van der Waals surface area contributed by atoms with Crippen molar-refractivity contribution in [1.82, 2.24) is 14.1 Å². The highest BCUT2D eigenvalue weighted by atomic mass is 16.7. The number of hydrogen-bond donors (Lipinski definition) is 1. The second kappa shape index (κ2) is 9.34. The van der Waals surface area contributed by atoms with Crippen LogP contribution in [0.1, 0.15) is 12.5 Å². The number of nitrogens with one attached hydrogen (secondary N) is 1. The molecule has 5 rings (SSSR count). The molecule has 2 aromatic heterocycles. The van der Waals surface area contributed by atoms with Crippen LogP contribution in [-0.4, -0.2) is 33.4 Å². The second-order valence-electron chi connectivity index (χ2n) is 7.80. The number of ether oxygens (including phenoxy) is 3. The third-order valence-electron chi connectivity index (χ3n) is 5.53. The van der Waals surface area contributed by atoms with E-state index in [0.717, 1.165) is 4.57 Å². The van der Waals surface area contributed by atoms with Gasteiger partial charge in [0, 0.05) is 6.20 Å². The maximum absolute atomic E-state index is 13.4. The fourth-order valence-electron chi connectivity index (χ4n) is 3.94. The van der Waals surface area contributed by atoms with Crippen LogP contribution in [-0.2, 0) is 17.9 Å². The standard InChI is InChI=1S/C25H22N4O6/c1-2-33-19-8-4-3-6-17(19)27-22(30)14-28-18-7-5-11-26-23(18)24(31)29(25(28)32)13-16-9-10-20-21(12-16)35-15-34-20/h3-12H,2,13-15H2,1H3,(H,27,30). The maximum Gasteiger partial charge on any atom is 0.332 e. The Bertz CT molecular complexity index is 1540. The Morgan fingerprint density at radius 1 is 1.06 bits per heavy atom. The summed E-state index contributed by atoms with van der Waals surface area (Å²) in [7, 11) is 0. The van der Waals surface area contributed by atoms with Crippen LogP contribution in [0.15, 0.2) is 70.4 Å². The molecule has 1 N–H and O–H groups in total. The number of amides is 1. The molecule has 10 heteroatoms. The number of para-hydroxylation sites is 2. The Hall–Kier alpha value is -4.60. The van der Waals surface area contributed by atoms with E-state index in [1.807, 2.05) is 6.92 Å². The smallest absolute Gasteiger partial charge is 0.332 e. The molecule has 3 heterocycles. The van der Waals surface area contributed by atoms with Crippen molar-refractivity contribution < 1.29 is 19.0 Å². The lowest BCUT2D eigenvalue weighted by atomic mass is 10.2. The van der Waals surface area contributed by atoms with Crippen LogP contribution in [0.3, 0.4) is 0 Å². The van der Waals surface area contributed by atoms with Gasteiger partial charge in [0.15, 0.2) is 17.0 Å². The van der Waals surface area contributed by atoms with E-state index in [1.165, 1.54) is 10.8 Å². The van der Waals surface area contributed by atoms with Crippen molar-refractivity contribution in [2.24, 2.45) is 0 Å². The van der Waals surface area contributed by atoms with Crippen LogP contribution in [0.2, 0.25) is 0 Å². The summed E-state index contributed by atoms with van der Waals surface area (Å²) in [5.41, 5.74) is 0.366. The molecule has 1 aliphatic rings. The van der Waals surface area contributed by atoms with Crippen LogP contribution >= 0.6 is 0 Å². The molecule has 0 unspecified atom stereocenters. The number of benzene rings is 2. The topological polar surface area (TPSA) is 114 Å². The molecular formula is C25H22N4O6. The van der Waals surface area contributed by atoms with Gasteiger partial charge in [0.2, 0.25) is 12.7 Å². The summed E-state index contributed by atoms with van der Waals surface area (Å²) in [4.78, 5) is 43.7. The summed E-state index contributed by atoms with van der Waals surface area (Å²) < 4.78 is 18.6. The third kappa shape index (κ3) is 4.33. The number of carbonyl (C=O) groups excluding carboxylic acids is 1. The minimum absolute atomic E-state index is 0.0182. The highest BCUT2D eigenvalue weighted by Crippen LogP contribution is 2.32. The Kier molecular flexibility index (Phi) is 5.92. The molecule has 0 radical (unpaired) electrons. The summed E-state index contributed by atoms with van der Waals surface area (Å²) in [6.07, 6.45) is 1.47. The summed E-state index contributed by atoms with van der Waals surface area (Å²) >= 11 is 0.